The number of amides is 1. The van der Waals surface area contributed by atoms with Crippen LogP contribution in [0.1, 0.15) is 31.2 Å². The fourth-order valence-corrected chi connectivity index (χ4v) is 3.10. The molecule has 0 radical (unpaired) electrons. The number of nitrogens with one attached hydrogen (secondary N) is 2. The molecule has 4 atom stereocenters. The van der Waals surface area contributed by atoms with Crippen molar-refractivity contribution in [3.8, 4) is 0 Å². The van der Waals surface area contributed by atoms with E-state index < -0.39 is 11.6 Å². The highest BCUT2D eigenvalue weighted by Gasteiger charge is 2.46. The van der Waals surface area contributed by atoms with Crippen molar-refractivity contribution in [1.82, 2.24) is 10.6 Å². The standard InChI is InChI=1S/C16H20F2N2O.ClH/c1-9-4-5-19-8-15(9)20-16(21)13-7-11(13)12-6-10(17)2-3-14(12)18;/h2-3,6,9,11,13,15,19H,4-5,7-8H2,1H3,(H,20,21);1H. The topological polar surface area (TPSA) is 41.1 Å². The van der Waals surface area contributed by atoms with Gasteiger partial charge in [0, 0.05) is 18.5 Å². The normalized spacial score (nSPS) is 30.3. The lowest BCUT2D eigenvalue weighted by Crippen LogP contribution is -2.50. The fourth-order valence-electron chi connectivity index (χ4n) is 3.10. The number of piperidine rings is 1. The third-order valence-electron chi connectivity index (χ3n) is 4.64. The van der Waals surface area contributed by atoms with Gasteiger partial charge in [0.2, 0.25) is 5.91 Å². The van der Waals surface area contributed by atoms with Crippen molar-refractivity contribution in [2.75, 3.05) is 13.1 Å². The van der Waals surface area contributed by atoms with E-state index in [0.29, 0.717) is 17.9 Å². The monoisotopic (exact) mass is 330 g/mol. The summed E-state index contributed by atoms with van der Waals surface area (Å²) in [5, 5.41) is 6.31. The first-order chi connectivity index (χ1) is 10.1. The van der Waals surface area contributed by atoms with Crippen LogP contribution < -0.4 is 10.6 Å². The van der Waals surface area contributed by atoms with E-state index in [2.05, 4.69) is 17.6 Å². The summed E-state index contributed by atoms with van der Waals surface area (Å²) >= 11 is 0. The Bertz CT molecular complexity index is 555. The summed E-state index contributed by atoms with van der Waals surface area (Å²) in [6.07, 6.45) is 1.64. The van der Waals surface area contributed by atoms with E-state index >= 15 is 0 Å². The summed E-state index contributed by atoms with van der Waals surface area (Å²) in [6, 6.07) is 3.57. The molecule has 0 aromatic heterocycles. The van der Waals surface area contributed by atoms with Crippen LogP contribution in [0.4, 0.5) is 8.78 Å². The Balaban J connectivity index is 0.00000176. The van der Waals surface area contributed by atoms with Crippen LogP contribution in [0.2, 0.25) is 0 Å². The molecule has 1 aliphatic carbocycles. The number of benzene rings is 1. The van der Waals surface area contributed by atoms with E-state index in [1.54, 1.807) is 0 Å². The van der Waals surface area contributed by atoms with Gasteiger partial charge >= 0.3 is 0 Å². The lowest BCUT2D eigenvalue weighted by molar-refractivity contribution is -0.123. The van der Waals surface area contributed by atoms with Crippen LogP contribution in [0, 0.1) is 23.5 Å². The zero-order valence-corrected chi connectivity index (χ0v) is 13.3. The van der Waals surface area contributed by atoms with Gasteiger partial charge in [-0.15, -0.1) is 12.4 Å². The zero-order valence-electron chi connectivity index (χ0n) is 12.4. The molecular weight excluding hydrogens is 310 g/mol. The number of rotatable bonds is 3. The maximum absolute atomic E-state index is 13.7. The van der Waals surface area contributed by atoms with Crippen molar-refractivity contribution in [2.24, 2.45) is 11.8 Å². The molecule has 22 heavy (non-hydrogen) atoms. The third kappa shape index (κ3) is 3.58. The van der Waals surface area contributed by atoms with Crippen molar-refractivity contribution in [3.05, 3.63) is 35.4 Å². The number of halogens is 3. The van der Waals surface area contributed by atoms with E-state index in [0.717, 1.165) is 31.6 Å². The van der Waals surface area contributed by atoms with Gasteiger partial charge in [-0.1, -0.05) is 6.92 Å². The first kappa shape index (κ1) is 17.2. The summed E-state index contributed by atoms with van der Waals surface area (Å²) in [6.45, 7) is 3.88. The SMILES string of the molecule is CC1CCNCC1NC(=O)C1CC1c1cc(F)ccc1F.Cl. The summed E-state index contributed by atoms with van der Waals surface area (Å²) in [5.74, 6) is -0.891. The van der Waals surface area contributed by atoms with Crippen molar-refractivity contribution in [2.45, 2.75) is 31.7 Å². The highest BCUT2D eigenvalue weighted by Crippen LogP contribution is 2.48. The molecule has 2 aliphatic rings. The van der Waals surface area contributed by atoms with Gasteiger partial charge in [-0.05, 0) is 55.0 Å². The Labute approximate surface area is 135 Å². The highest BCUT2D eigenvalue weighted by molar-refractivity contribution is 5.85. The van der Waals surface area contributed by atoms with Crippen molar-refractivity contribution < 1.29 is 13.6 Å². The van der Waals surface area contributed by atoms with Crippen LogP contribution >= 0.6 is 12.4 Å². The second-order valence-corrected chi connectivity index (χ2v) is 6.20. The molecule has 1 aromatic carbocycles. The van der Waals surface area contributed by atoms with Crippen LogP contribution in [0.5, 0.6) is 0 Å². The third-order valence-corrected chi connectivity index (χ3v) is 4.64. The van der Waals surface area contributed by atoms with Crippen molar-refractivity contribution >= 4 is 18.3 Å². The average molecular weight is 331 g/mol. The summed E-state index contributed by atoms with van der Waals surface area (Å²) in [4.78, 5) is 12.2. The lowest BCUT2D eigenvalue weighted by atomic mass is 9.94. The average Bonchev–Trinajstić information content (AvgIpc) is 3.24. The molecule has 0 bridgehead atoms. The maximum atomic E-state index is 13.7. The summed E-state index contributed by atoms with van der Waals surface area (Å²) in [7, 11) is 0. The molecular formula is C16H21ClF2N2O. The molecule has 3 rings (SSSR count). The fraction of sp³-hybridized carbons (Fsp3) is 0.562. The molecule has 3 nitrogen and oxygen atoms in total. The van der Waals surface area contributed by atoms with Gasteiger partial charge in [0.05, 0.1) is 0 Å². The quantitative estimate of drug-likeness (QED) is 0.894. The lowest BCUT2D eigenvalue weighted by Gasteiger charge is -2.30. The van der Waals surface area contributed by atoms with Gasteiger partial charge in [0.15, 0.2) is 0 Å². The Morgan fingerprint density at radius 2 is 2.14 bits per heavy atom. The van der Waals surface area contributed by atoms with Crippen LogP contribution in [0.15, 0.2) is 18.2 Å². The second-order valence-electron chi connectivity index (χ2n) is 6.20. The second kappa shape index (κ2) is 6.92. The molecule has 4 unspecified atom stereocenters. The predicted molar refractivity (Wildman–Crippen MR) is 83.0 cm³/mol. The number of hydrogen-bond donors (Lipinski definition) is 2. The van der Waals surface area contributed by atoms with Gasteiger partial charge in [-0.2, -0.15) is 0 Å². The number of carbonyl (C=O) groups is 1. The highest BCUT2D eigenvalue weighted by atomic mass is 35.5. The van der Waals surface area contributed by atoms with E-state index in [1.807, 2.05) is 0 Å². The Morgan fingerprint density at radius 1 is 1.36 bits per heavy atom. The van der Waals surface area contributed by atoms with E-state index in [9.17, 15) is 13.6 Å². The number of carbonyl (C=O) groups excluding carboxylic acids is 1. The van der Waals surface area contributed by atoms with E-state index in [4.69, 9.17) is 0 Å². The van der Waals surface area contributed by atoms with Gasteiger partial charge in [-0.25, -0.2) is 8.78 Å². The van der Waals surface area contributed by atoms with Crippen molar-refractivity contribution in [3.63, 3.8) is 0 Å². The molecule has 0 spiro atoms. The molecule has 1 saturated carbocycles. The predicted octanol–water partition coefficient (Wildman–Crippen LogP) is 2.60. The molecule has 2 fully saturated rings. The van der Waals surface area contributed by atoms with Gasteiger partial charge in [0.1, 0.15) is 11.6 Å². The van der Waals surface area contributed by atoms with Crippen LogP contribution in [-0.4, -0.2) is 25.0 Å². The Morgan fingerprint density at radius 3 is 2.86 bits per heavy atom. The molecule has 1 aromatic rings. The molecule has 2 N–H and O–H groups in total. The smallest absolute Gasteiger partial charge is 0.224 e. The van der Waals surface area contributed by atoms with E-state index in [-0.39, 0.29) is 36.2 Å². The molecule has 1 aliphatic heterocycles. The van der Waals surface area contributed by atoms with Gasteiger partial charge < -0.3 is 10.6 Å². The number of hydrogen-bond acceptors (Lipinski definition) is 2. The minimum Gasteiger partial charge on any atom is -0.352 e. The Kier molecular flexibility index (Phi) is 5.40. The van der Waals surface area contributed by atoms with E-state index in [1.165, 1.54) is 6.07 Å². The molecule has 1 saturated heterocycles. The molecule has 6 heteroatoms. The molecule has 122 valence electrons. The zero-order chi connectivity index (χ0) is 15.0. The molecule has 1 amide bonds. The van der Waals surface area contributed by atoms with Gasteiger partial charge in [-0.3, -0.25) is 4.79 Å². The van der Waals surface area contributed by atoms with Crippen LogP contribution in [0.25, 0.3) is 0 Å². The van der Waals surface area contributed by atoms with Crippen LogP contribution in [0.3, 0.4) is 0 Å². The summed E-state index contributed by atoms with van der Waals surface area (Å²) < 4.78 is 26.9. The Hall–Kier alpha value is -1.20. The van der Waals surface area contributed by atoms with Gasteiger partial charge in [0.25, 0.3) is 0 Å². The largest absolute Gasteiger partial charge is 0.352 e. The first-order valence-electron chi connectivity index (χ1n) is 7.52. The van der Waals surface area contributed by atoms with Crippen molar-refractivity contribution in [1.29, 1.82) is 0 Å². The maximum Gasteiger partial charge on any atom is 0.224 e. The first-order valence-corrected chi connectivity index (χ1v) is 7.52. The molecule has 1 heterocycles. The minimum absolute atomic E-state index is 0. The van der Waals surface area contributed by atoms with Crippen LogP contribution in [-0.2, 0) is 4.79 Å². The minimum atomic E-state index is -0.456. The summed E-state index contributed by atoms with van der Waals surface area (Å²) in [5.41, 5.74) is 0.324.